The van der Waals surface area contributed by atoms with Crippen molar-refractivity contribution in [3.05, 3.63) is 63.9 Å². The number of nitrogens with zero attached hydrogens (tertiary/aromatic N) is 3. The smallest absolute Gasteiger partial charge is 0.253 e. The van der Waals surface area contributed by atoms with Gasteiger partial charge in [-0.2, -0.15) is 0 Å². The van der Waals surface area contributed by atoms with E-state index in [2.05, 4.69) is 22.9 Å². The predicted molar refractivity (Wildman–Crippen MR) is 143 cm³/mol. The fraction of sp³-hybridized carbons (Fsp3) is 0.483. The highest BCUT2D eigenvalue weighted by Gasteiger charge is 2.34. The number of nitrogens with one attached hydrogen (secondary N) is 1. The maximum Gasteiger partial charge on any atom is 0.253 e. The molecule has 1 saturated heterocycles. The van der Waals surface area contributed by atoms with Crippen LogP contribution < -0.4 is 5.32 Å². The maximum atomic E-state index is 12.9. The van der Waals surface area contributed by atoms with Gasteiger partial charge >= 0.3 is 0 Å². The Hall–Kier alpha value is -2.86. The molecule has 0 atom stereocenters. The zero-order valence-electron chi connectivity index (χ0n) is 21.3. The Morgan fingerprint density at radius 2 is 1.78 bits per heavy atom. The summed E-state index contributed by atoms with van der Waals surface area (Å²) < 4.78 is 2.06. The minimum atomic E-state index is -0.254. The monoisotopic (exact) mass is 506 g/mol. The van der Waals surface area contributed by atoms with E-state index in [4.69, 9.17) is 16.6 Å². The van der Waals surface area contributed by atoms with Crippen LogP contribution in [0.4, 0.5) is 0 Å². The van der Waals surface area contributed by atoms with Gasteiger partial charge in [-0.1, -0.05) is 49.9 Å². The molecule has 6 nitrogen and oxygen atoms in total. The largest absolute Gasteiger partial charge is 0.352 e. The van der Waals surface area contributed by atoms with Gasteiger partial charge in [0.25, 0.3) is 5.91 Å². The minimum absolute atomic E-state index is 0.0847. The van der Waals surface area contributed by atoms with Crippen LogP contribution in [0.2, 0.25) is 5.02 Å². The van der Waals surface area contributed by atoms with E-state index in [-0.39, 0.29) is 17.2 Å². The third-order valence-electron chi connectivity index (χ3n) is 8.03. The van der Waals surface area contributed by atoms with E-state index in [1.807, 2.05) is 42.3 Å². The van der Waals surface area contributed by atoms with Crippen LogP contribution in [0.5, 0.6) is 0 Å². The Kier molecular flexibility index (Phi) is 7.07. The van der Waals surface area contributed by atoms with E-state index < -0.39 is 0 Å². The fourth-order valence-corrected chi connectivity index (χ4v) is 5.83. The summed E-state index contributed by atoms with van der Waals surface area (Å²) in [6.45, 7) is 4.24. The third-order valence-corrected chi connectivity index (χ3v) is 8.40. The lowest BCUT2D eigenvalue weighted by atomic mass is 9.75. The van der Waals surface area contributed by atoms with Crippen molar-refractivity contribution in [1.29, 1.82) is 0 Å². The molecule has 3 aromatic rings. The number of hydrogen-bond donors (Lipinski definition) is 1. The van der Waals surface area contributed by atoms with Crippen molar-refractivity contribution in [2.24, 2.45) is 12.5 Å². The predicted octanol–water partition coefficient (Wildman–Crippen LogP) is 5.64. The number of aryl methyl sites for hydroxylation is 1. The van der Waals surface area contributed by atoms with Crippen molar-refractivity contribution in [3.63, 3.8) is 0 Å². The number of amides is 2. The quantitative estimate of drug-likeness (QED) is 0.470. The molecule has 1 aliphatic carbocycles. The van der Waals surface area contributed by atoms with Crippen LogP contribution in [0.25, 0.3) is 11.0 Å². The van der Waals surface area contributed by atoms with Gasteiger partial charge < -0.3 is 14.8 Å². The van der Waals surface area contributed by atoms with E-state index in [0.717, 1.165) is 79.6 Å². The van der Waals surface area contributed by atoms with Gasteiger partial charge in [0.2, 0.25) is 5.91 Å². The zero-order valence-corrected chi connectivity index (χ0v) is 22.0. The average Bonchev–Trinajstić information content (AvgIpc) is 3.53. The third kappa shape index (κ3) is 5.01. The Bertz CT molecular complexity index is 1290. The summed E-state index contributed by atoms with van der Waals surface area (Å²) in [6, 6.07) is 11.7. The average molecular weight is 507 g/mol. The summed E-state index contributed by atoms with van der Waals surface area (Å²) in [6.07, 6.45) is 8.11. The number of benzene rings is 2. The van der Waals surface area contributed by atoms with Crippen molar-refractivity contribution in [2.75, 3.05) is 13.1 Å². The van der Waals surface area contributed by atoms with Crippen molar-refractivity contribution in [2.45, 2.75) is 64.8 Å². The Morgan fingerprint density at radius 3 is 2.53 bits per heavy atom. The van der Waals surface area contributed by atoms with Gasteiger partial charge in [0.1, 0.15) is 5.82 Å². The molecule has 1 aromatic heterocycles. The first-order chi connectivity index (χ1) is 17.3. The number of fused-ring (bicyclic) bond motifs is 1. The number of likely N-dealkylation sites (tertiary alicyclic amines) is 1. The van der Waals surface area contributed by atoms with Crippen molar-refractivity contribution >= 4 is 34.4 Å². The van der Waals surface area contributed by atoms with Crippen molar-refractivity contribution < 1.29 is 9.59 Å². The highest BCUT2D eigenvalue weighted by Crippen LogP contribution is 2.36. The molecular weight excluding hydrogens is 472 g/mol. The van der Waals surface area contributed by atoms with Crippen LogP contribution in [0.15, 0.2) is 36.4 Å². The molecule has 2 amide bonds. The highest BCUT2D eigenvalue weighted by atomic mass is 35.5. The molecule has 0 spiro atoms. The van der Waals surface area contributed by atoms with Crippen LogP contribution in [0, 0.1) is 5.41 Å². The van der Waals surface area contributed by atoms with Gasteiger partial charge in [-0.05, 0) is 61.1 Å². The number of rotatable bonds is 6. The Labute approximate surface area is 218 Å². The number of imidazole rings is 1. The topological polar surface area (TPSA) is 67.2 Å². The molecule has 190 valence electrons. The summed E-state index contributed by atoms with van der Waals surface area (Å²) in [7, 11) is 2.00. The van der Waals surface area contributed by atoms with Crippen LogP contribution in [0.3, 0.4) is 0 Å². The summed E-state index contributed by atoms with van der Waals surface area (Å²) in [5.41, 5.74) is 4.24. The van der Waals surface area contributed by atoms with E-state index in [1.165, 1.54) is 6.42 Å². The molecule has 36 heavy (non-hydrogen) atoms. The van der Waals surface area contributed by atoms with Crippen LogP contribution in [0.1, 0.15) is 79.2 Å². The molecular formula is C29H35ClN4O2. The van der Waals surface area contributed by atoms with E-state index >= 15 is 0 Å². The molecule has 1 aliphatic heterocycles. The summed E-state index contributed by atoms with van der Waals surface area (Å²) in [5.74, 6) is 1.11. The van der Waals surface area contributed by atoms with Crippen molar-refractivity contribution in [3.8, 4) is 0 Å². The van der Waals surface area contributed by atoms with Gasteiger partial charge in [-0.25, -0.2) is 4.98 Å². The lowest BCUT2D eigenvalue weighted by Crippen LogP contribution is -2.39. The first kappa shape index (κ1) is 24.8. The number of halogens is 1. The lowest BCUT2D eigenvalue weighted by molar-refractivity contribution is -0.132. The fourth-order valence-electron chi connectivity index (χ4n) is 5.64. The molecule has 2 heterocycles. The minimum Gasteiger partial charge on any atom is -0.352 e. The van der Waals surface area contributed by atoms with E-state index in [9.17, 15) is 9.59 Å². The van der Waals surface area contributed by atoms with Crippen LogP contribution >= 0.6 is 11.6 Å². The molecule has 0 radical (unpaired) electrons. The zero-order chi connectivity index (χ0) is 25.3. The van der Waals surface area contributed by atoms with Crippen molar-refractivity contribution in [1.82, 2.24) is 19.8 Å². The summed E-state index contributed by atoms with van der Waals surface area (Å²) in [5, 5.41) is 3.84. The molecule has 2 fully saturated rings. The van der Waals surface area contributed by atoms with Gasteiger partial charge in [0, 0.05) is 49.1 Å². The lowest BCUT2D eigenvalue weighted by Gasteiger charge is -2.32. The number of hydrogen-bond acceptors (Lipinski definition) is 3. The molecule has 1 N–H and O–H groups in total. The summed E-state index contributed by atoms with van der Waals surface area (Å²) in [4.78, 5) is 32.5. The molecule has 5 rings (SSSR count). The van der Waals surface area contributed by atoms with Gasteiger partial charge in [0.05, 0.1) is 11.0 Å². The first-order valence-corrected chi connectivity index (χ1v) is 13.5. The van der Waals surface area contributed by atoms with Gasteiger partial charge in [-0.3, -0.25) is 9.59 Å². The molecule has 7 heteroatoms. The second-order valence-electron chi connectivity index (χ2n) is 10.7. The summed E-state index contributed by atoms with van der Waals surface area (Å²) >= 11 is 6.57. The maximum absolute atomic E-state index is 12.9. The molecule has 2 aliphatic rings. The van der Waals surface area contributed by atoms with Gasteiger partial charge in [-0.15, -0.1) is 0 Å². The Morgan fingerprint density at radius 1 is 1.03 bits per heavy atom. The molecule has 2 aromatic carbocycles. The Balaban J connectivity index is 1.31. The second kappa shape index (κ2) is 10.3. The van der Waals surface area contributed by atoms with Crippen LogP contribution in [-0.2, 0) is 24.8 Å². The van der Waals surface area contributed by atoms with Gasteiger partial charge in [0.15, 0.2) is 0 Å². The second-order valence-corrected chi connectivity index (χ2v) is 11.1. The molecule has 1 saturated carbocycles. The standard InChI is InChI=1S/C29H35ClN4O2/c1-29(12-4-3-5-13-29)28(36)31-19-20-8-10-23(30)22(16-20)18-26-32-24-17-21(9-11-25(24)33(26)2)27(35)34-14-6-7-15-34/h8-11,16-17H,3-7,12-15,18-19H2,1-2H3,(H,31,36). The molecule has 0 bridgehead atoms. The highest BCUT2D eigenvalue weighted by molar-refractivity contribution is 6.31. The number of aromatic nitrogens is 2. The first-order valence-electron chi connectivity index (χ1n) is 13.1. The van der Waals surface area contributed by atoms with E-state index in [1.54, 1.807) is 0 Å². The SMILES string of the molecule is Cn1c(Cc2cc(CNC(=O)C3(C)CCCCC3)ccc2Cl)nc2cc(C(=O)N3CCCC3)ccc21. The number of carbonyl (C=O) groups is 2. The number of carbonyl (C=O) groups excluding carboxylic acids is 2. The van der Waals surface area contributed by atoms with E-state index in [0.29, 0.717) is 23.6 Å². The molecule has 0 unspecified atom stereocenters. The van der Waals surface area contributed by atoms with Crippen LogP contribution in [-0.4, -0.2) is 39.4 Å². The normalized spacial score (nSPS) is 17.5.